The van der Waals surface area contributed by atoms with Crippen molar-refractivity contribution in [3.8, 4) is 0 Å². The number of nitrogens with zero attached hydrogens (tertiary/aromatic N) is 2. The fourth-order valence-corrected chi connectivity index (χ4v) is 5.45. The molecular weight excluding hydrogens is 432 g/mol. The summed E-state index contributed by atoms with van der Waals surface area (Å²) >= 11 is 6.15. The van der Waals surface area contributed by atoms with E-state index in [0.29, 0.717) is 17.5 Å². The Kier molecular flexibility index (Phi) is 6.05. The number of carbonyl (C=O) groups is 2. The number of carbonyl (C=O) groups excluding carboxylic acids is 2. The smallest absolute Gasteiger partial charge is 0.181 e. The van der Waals surface area contributed by atoms with Gasteiger partial charge in [0, 0.05) is 48.0 Å². The van der Waals surface area contributed by atoms with Crippen LogP contribution < -0.4 is 4.90 Å². The quantitative estimate of drug-likeness (QED) is 0.472. The van der Waals surface area contributed by atoms with Crippen LogP contribution in [0.2, 0.25) is 5.02 Å². The maximum absolute atomic E-state index is 13.6. The SMILES string of the molecule is O=C1c2ccccc2C(=O)C1(CCCN1CCN(c2cccc(Cl)c2)CC1)c1ccccc1. The van der Waals surface area contributed by atoms with E-state index < -0.39 is 5.41 Å². The zero-order valence-electron chi connectivity index (χ0n) is 18.5. The van der Waals surface area contributed by atoms with Gasteiger partial charge in [-0.1, -0.05) is 72.3 Å². The number of hydrogen-bond donors (Lipinski definition) is 0. The minimum Gasteiger partial charge on any atom is -0.369 e. The van der Waals surface area contributed by atoms with Crippen molar-refractivity contribution in [2.45, 2.75) is 18.3 Å². The maximum atomic E-state index is 13.6. The highest BCUT2D eigenvalue weighted by atomic mass is 35.5. The van der Waals surface area contributed by atoms with E-state index in [4.69, 9.17) is 11.6 Å². The van der Waals surface area contributed by atoms with Gasteiger partial charge in [0.1, 0.15) is 5.41 Å². The number of fused-ring (bicyclic) bond motifs is 1. The van der Waals surface area contributed by atoms with Gasteiger partial charge in [0.05, 0.1) is 0 Å². The van der Waals surface area contributed by atoms with Gasteiger partial charge in [0.2, 0.25) is 0 Å². The number of rotatable bonds is 6. The molecule has 1 aliphatic carbocycles. The molecule has 0 bridgehead atoms. The van der Waals surface area contributed by atoms with E-state index in [1.807, 2.05) is 60.7 Å². The van der Waals surface area contributed by atoms with Crippen molar-refractivity contribution in [3.63, 3.8) is 0 Å². The average Bonchev–Trinajstić information content (AvgIpc) is 3.08. The Morgan fingerprint density at radius 3 is 2.03 bits per heavy atom. The highest BCUT2D eigenvalue weighted by Crippen LogP contribution is 2.43. The van der Waals surface area contributed by atoms with Crippen molar-refractivity contribution in [1.29, 1.82) is 0 Å². The lowest BCUT2D eigenvalue weighted by Crippen LogP contribution is -2.47. The number of ketones is 2. The van der Waals surface area contributed by atoms with Gasteiger partial charge in [-0.15, -0.1) is 0 Å². The average molecular weight is 459 g/mol. The van der Waals surface area contributed by atoms with Crippen LogP contribution in [-0.4, -0.2) is 49.2 Å². The third-order valence-corrected chi connectivity index (χ3v) is 7.26. The highest BCUT2D eigenvalue weighted by Gasteiger charge is 2.53. The number of benzene rings is 3. The van der Waals surface area contributed by atoms with E-state index >= 15 is 0 Å². The third kappa shape index (κ3) is 3.98. The molecule has 1 fully saturated rings. The van der Waals surface area contributed by atoms with Crippen LogP contribution in [0.25, 0.3) is 0 Å². The Hall–Kier alpha value is -2.95. The summed E-state index contributed by atoms with van der Waals surface area (Å²) in [7, 11) is 0. The summed E-state index contributed by atoms with van der Waals surface area (Å²) in [4.78, 5) is 32.0. The summed E-state index contributed by atoms with van der Waals surface area (Å²) in [5.41, 5.74) is 1.98. The number of anilines is 1. The van der Waals surface area contributed by atoms with E-state index in [0.717, 1.165) is 55.4 Å². The molecule has 0 saturated carbocycles. The van der Waals surface area contributed by atoms with E-state index in [-0.39, 0.29) is 11.6 Å². The summed E-state index contributed by atoms with van der Waals surface area (Å²) in [6.07, 6.45) is 1.31. The first kappa shape index (κ1) is 21.9. The molecule has 0 atom stereocenters. The molecule has 1 aliphatic heterocycles. The molecule has 2 aliphatic rings. The van der Waals surface area contributed by atoms with E-state index in [2.05, 4.69) is 15.9 Å². The summed E-state index contributed by atoms with van der Waals surface area (Å²) in [6.45, 7) is 4.65. The van der Waals surface area contributed by atoms with Crippen molar-refractivity contribution >= 4 is 28.9 Å². The molecule has 5 heteroatoms. The monoisotopic (exact) mass is 458 g/mol. The molecule has 3 aromatic rings. The molecule has 1 heterocycles. The molecule has 5 rings (SSSR count). The number of halogens is 1. The summed E-state index contributed by atoms with van der Waals surface area (Å²) in [5, 5.41) is 0.757. The van der Waals surface area contributed by atoms with Gasteiger partial charge in [-0.2, -0.15) is 0 Å². The standard InChI is InChI=1S/C28H27ClN2O2/c29-22-10-6-11-23(20-22)31-18-16-30(17-19-31)15-7-14-28(21-8-2-1-3-9-21)26(32)24-12-4-5-13-25(24)27(28)33/h1-6,8-13,20H,7,14-19H2. The molecule has 0 unspecified atom stereocenters. The first-order valence-electron chi connectivity index (χ1n) is 11.6. The molecule has 0 spiro atoms. The lowest BCUT2D eigenvalue weighted by molar-refractivity contribution is 0.0777. The van der Waals surface area contributed by atoms with Crippen LogP contribution in [0.5, 0.6) is 0 Å². The molecule has 168 valence electrons. The number of hydrogen-bond acceptors (Lipinski definition) is 4. The van der Waals surface area contributed by atoms with Gasteiger partial charge in [-0.3, -0.25) is 14.5 Å². The van der Waals surface area contributed by atoms with Gasteiger partial charge in [-0.05, 0) is 43.1 Å². The summed E-state index contributed by atoms with van der Waals surface area (Å²) in [5.74, 6) is -0.111. The van der Waals surface area contributed by atoms with E-state index in [1.165, 1.54) is 0 Å². The van der Waals surface area contributed by atoms with Crippen LogP contribution in [0.3, 0.4) is 0 Å². The van der Waals surface area contributed by atoms with Crippen LogP contribution in [0, 0.1) is 0 Å². The zero-order chi connectivity index (χ0) is 22.8. The zero-order valence-corrected chi connectivity index (χ0v) is 19.3. The van der Waals surface area contributed by atoms with Crippen molar-refractivity contribution in [3.05, 3.63) is 101 Å². The van der Waals surface area contributed by atoms with E-state index in [1.54, 1.807) is 12.1 Å². The highest BCUT2D eigenvalue weighted by molar-refractivity contribution is 6.33. The second-order valence-electron chi connectivity index (χ2n) is 8.89. The maximum Gasteiger partial charge on any atom is 0.181 e. The molecule has 1 saturated heterocycles. The fourth-order valence-electron chi connectivity index (χ4n) is 5.27. The Bertz CT molecular complexity index is 1130. The Labute approximate surface area is 199 Å². The van der Waals surface area contributed by atoms with Crippen molar-refractivity contribution in [1.82, 2.24) is 4.90 Å². The molecular formula is C28H27ClN2O2. The first-order valence-corrected chi connectivity index (χ1v) is 11.9. The molecule has 4 nitrogen and oxygen atoms in total. The van der Waals surface area contributed by atoms with Gasteiger partial charge in [-0.25, -0.2) is 0 Å². The van der Waals surface area contributed by atoms with Crippen LogP contribution in [-0.2, 0) is 5.41 Å². The molecule has 0 radical (unpaired) electrons. The van der Waals surface area contributed by atoms with Gasteiger partial charge >= 0.3 is 0 Å². The van der Waals surface area contributed by atoms with Crippen LogP contribution >= 0.6 is 11.6 Å². The minimum absolute atomic E-state index is 0.0555. The first-order chi connectivity index (χ1) is 16.1. The molecule has 33 heavy (non-hydrogen) atoms. The Morgan fingerprint density at radius 2 is 1.39 bits per heavy atom. The lowest BCUT2D eigenvalue weighted by Gasteiger charge is -2.36. The fraction of sp³-hybridized carbons (Fsp3) is 0.286. The van der Waals surface area contributed by atoms with Crippen molar-refractivity contribution in [2.24, 2.45) is 0 Å². The Morgan fingerprint density at radius 1 is 0.758 bits per heavy atom. The topological polar surface area (TPSA) is 40.6 Å². The van der Waals surface area contributed by atoms with Gasteiger partial charge in [0.25, 0.3) is 0 Å². The molecule has 0 aromatic heterocycles. The third-order valence-electron chi connectivity index (χ3n) is 7.03. The minimum atomic E-state index is -1.10. The number of piperazine rings is 1. The van der Waals surface area contributed by atoms with Gasteiger partial charge < -0.3 is 4.90 Å². The predicted molar refractivity (Wildman–Crippen MR) is 133 cm³/mol. The predicted octanol–water partition coefficient (Wildman–Crippen LogP) is 5.26. The van der Waals surface area contributed by atoms with Gasteiger partial charge in [0.15, 0.2) is 11.6 Å². The summed E-state index contributed by atoms with van der Waals surface area (Å²) in [6, 6.07) is 24.8. The number of Topliss-reactive ketones (excluding diaryl/α,β-unsaturated/α-hetero) is 2. The largest absolute Gasteiger partial charge is 0.369 e. The molecule has 0 N–H and O–H groups in total. The van der Waals surface area contributed by atoms with Crippen molar-refractivity contribution in [2.75, 3.05) is 37.6 Å². The summed E-state index contributed by atoms with van der Waals surface area (Å²) < 4.78 is 0. The van der Waals surface area contributed by atoms with Crippen LogP contribution in [0.15, 0.2) is 78.9 Å². The lowest BCUT2D eigenvalue weighted by atomic mass is 9.72. The second-order valence-corrected chi connectivity index (χ2v) is 9.32. The Balaban J connectivity index is 1.28. The second kappa shape index (κ2) is 9.12. The molecule has 0 amide bonds. The normalized spacial score (nSPS) is 17.9. The van der Waals surface area contributed by atoms with E-state index in [9.17, 15) is 9.59 Å². The van der Waals surface area contributed by atoms with Crippen molar-refractivity contribution < 1.29 is 9.59 Å². The van der Waals surface area contributed by atoms with Crippen LogP contribution in [0.1, 0.15) is 39.1 Å². The van der Waals surface area contributed by atoms with Crippen LogP contribution in [0.4, 0.5) is 5.69 Å². The molecule has 3 aromatic carbocycles.